The summed E-state index contributed by atoms with van der Waals surface area (Å²) in [4.78, 5) is 4.75. The highest BCUT2D eigenvalue weighted by Gasteiger charge is 2.29. The van der Waals surface area contributed by atoms with E-state index in [1.165, 1.54) is 60.8 Å². The molecule has 0 amide bonds. The molecule has 0 radical (unpaired) electrons. The van der Waals surface area contributed by atoms with Gasteiger partial charge in [0.25, 0.3) is 0 Å². The molecule has 0 saturated carbocycles. The third-order valence-electron chi connectivity index (χ3n) is 13.9. The lowest BCUT2D eigenvalue weighted by Gasteiger charge is -2.27. The van der Waals surface area contributed by atoms with Crippen molar-refractivity contribution in [1.82, 2.24) is 4.57 Å². The molecule has 11 aromatic rings. The van der Waals surface area contributed by atoms with Gasteiger partial charge in [0.1, 0.15) is 0 Å². The summed E-state index contributed by atoms with van der Waals surface area (Å²) in [5, 5.41) is 2.46. The van der Waals surface area contributed by atoms with Crippen LogP contribution < -0.4 is 9.80 Å². The zero-order chi connectivity index (χ0) is 44.7. The second kappa shape index (κ2) is 17.2. The predicted octanol–water partition coefficient (Wildman–Crippen LogP) is 17.5. The van der Waals surface area contributed by atoms with Crippen molar-refractivity contribution in [3.05, 3.63) is 271 Å². The zero-order valence-electron chi connectivity index (χ0n) is 37.5. The van der Waals surface area contributed by atoms with Crippen molar-refractivity contribution >= 4 is 55.9 Å². The Kier molecular flexibility index (Phi) is 10.3. The summed E-state index contributed by atoms with van der Waals surface area (Å²) in [5.41, 5.74) is 19.4. The van der Waals surface area contributed by atoms with E-state index in [2.05, 4.69) is 276 Å². The quantitative estimate of drug-likeness (QED) is 0.143. The molecule has 2 unspecified atom stereocenters. The number of nitrogens with zero attached hydrogens (tertiary/aromatic N) is 3. The Balaban J connectivity index is 0.887. The van der Waals surface area contributed by atoms with E-state index in [1.807, 2.05) is 0 Å². The van der Waals surface area contributed by atoms with Crippen molar-refractivity contribution < 1.29 is 0 Å². The molecule has 67 heavy (non-hydrogen) atoms. The summed E-state index contributed by atoms with van der Waals surface area (Å²) >= 11 is 0. The van der Waals surface area contributed by atoms with E-state index >= 15 is 0 Å². The number of para-hydroxylation sites is 4. The van der Waals surface area contributed by atoms with Gasteiger partial charge in [0.15, 0.2) is 0 Å². The summed E-state index contributed by atoms with van der Waals surface area (Å²) < 4.78 is 2.37. The number of hydrogen-bond donors (Lipinski definition) is 0. The van der Waals surface area contributed by atoms with Gasteiger partial charge in [0.2, 0.25) is 0 Å². The molecule has 1 aliphatic rings. The fraction of sp³-hybridized carbons (Fsp3) is 0.0625. The molecule has 2 atom stereocenters. The number of aromatic nitrogens is 1. The van der Waals surface area contributed by atoms with Crippen molar-refractivity contribution in [2.24, 2.45) is 0 Å². The van der Waals surface area contributed by atoms with Crippen LogP contribution in [0.5, 0.6) is 0 Å². The fourth-order valence-corrected chi connectivity index (χ4v) is 10.6. The largest absolute Gasteiger partial charge is 0.310 e. The molecule has 1 aliphatic carbocycles. The smallest absolute Gasteiger partial charge is 0.0542 e. The Morgan fingerprint density at radius 1 is 0.373 bits per heavy atom. The van der Waals surface area contributed by atoms with E-state index in [1.54, 1.807) is 0 Å². The van der Waals surface area contributed by atoms with Crippen LogP contribution in [-0.4, -0.2) is 4.57 Å². The van der Waals surface area contributed by atoms with Crippen LogP contribution >= 0.6 is 0 Å². The first-order chi connectivity index (χ1) is 33.2. The van der Waals surface area contributed by atoms with Crippen molar-refractivity contribution in [3.8, 4) is 27.9 Å². The Morgan fingerprint density at radius 2 is 0.851 bits per heavy atom. The average Bonchev–Trinajstić information content (AvgIpc) is 3.67. The molecule has 1 heterocycles. The highest BCUT2D eigenvalue weighted by Crippen LogP contribution is 2.48. The van der Waals surface area contributed by atoms with E-state index in [-0.39, 0.29) is 0 Å². The molecule has 320 valence electrons. The summed E-state index contributed by atoms with van der Waals surface area (Å²) in [6.07, 6.45) is 0.993. The minimum atomic E-state index is 0.381. The summed E-state index contributed by atoms with van der Waals surface area (Å²) in [7, 11) is 0. The highest BCUT2D eigenvalue weighted by atomic mass is 15.1. The van der Waals surface area contributed by atoms with Crippen LogP contribution in [0.3, 0.4) is 0 Å². The van der Waals surface area contributed by atoms with E-state index < -0.39 is 0 Å². The molecule has 3 nitrogen and oxygen atoms in total. The number of rotatable bonds is 9. The number of hydrogen-bond acceptors (Lipinski definition) is 2. The van der Waals surface area contributed by atoms with Gasteiger partial charge in [-0.15, -0.1) is 0 Å². The minimum Gasteiger partial charge on any atom is -0.310 e. The third-order valence-corrected chi connectivity index (χ3v) is 13.9. The molecule has 12 rings (SSSR count). The first-order valence-corrected chi connectivity index (χ1v) is 23.4. The molecular weight excluding hydrogens is 811 g/mol. The van der Waals surface area contributed by atoms with Crippen LogP contribution in [0.4, 0.5) is 34.1 Å². The molecule has 0 saturated heterocycles. The van der Waals surface area contributed by atoms with Crippen molar-refractivity contribution in [2.75, 3.05) is 9.80 Å². The fourth-order valence-electron chi connectivity index (χ4n) is 10.6. The maximum absolute atomic E-state index is 2.42. The first-order valence-electron chi connectivity index (χ1n) is 23.4. The lowest BCUT2D eigenvalue weighted by Crippen LogP contribution is -2.11. The molecular formula is C64H49N3. The average molecular weight is 860 g/mol. The molecule has 0 bridgehead atoms. The lowest BCUT2D eigenvalue weighted by atomic mass is 9.80. The summed E-state index contributed by atoms with van der Waals surface area (Å²) in [5.74, 6) is 0.776. The molecule has 3 heteroatoms. The summed E-state index contributed by atoms with van der Waals surface area (Å²) in [6.45, 7) is 2.40. The van der Waals surface area contributed by atoms with E-state index in [9.17, 15) is 0 Å². The van der Waals surface area contributed by atoms with Gasteiger partial charge in [-0.2, -0.15) is 0 Å². The van der Waals surface area contributed by atoms with Gasteiger partial charge in [-0.25, -0.2) is 0 Å². The van der Waals surface area contributed by atoms with Gasteiger partial charge in [-0.3, -0.25) is 0 Å². The normalized spacial score (nSPS) is 14.3. The van der Waals surface area contributed by atoms with Gasteiger partial charge >= 0.3 is 0 Å². The topological polar surface area (TPSA) is 11.4 Å². The van der Waals surface area contributed by atoms with Crippen LogP contribution in [0.1, 0.15) is 35.4 Å². The zero-order valence-corrected chi connectivity index (χ0v) is 37.5. The van der Waals surface area contributed by atoms with Gasteiger partial charge in [-0.1, -0.05) is 165 Å². The lowest BCUT2D eigenvalue weighted by molar-refractivity contribution is 0.579. The Morgan fingerprint density at radius 3 is 1.49 bits per heavy atom. The van der Waals surface area contributed by atoms with Gasteiger partial charge < -0.3 is 14.4 Å². The second-order valence-electron chi connectivity index (χ2n) is 17.8. The van der Waals surface area contributed by atoms with Crippen LogP contribution in [0.25, 0.3) is 49.7 Å². The summed E-state index contributed by atoms with van der Waals surface area (Å²) in [6, 6.07) is 93.0. The SMILES string of the molecule is CC1c2ccccc2-c2cc(N(c3ccccc3)c3ccc(-c4ccc(N(c5ccccc5)c5ccc6c(c5)c5ccccc5n6-c5ccccc5)cc4)cc3)ccc2CC1c1ccccc1. The predicted molar refractivity (Wildman–Crippen MR) is 282 cm³/mol. The molecule has 0 fully saturated rings. The van der Waals surface area contributed by atoms with Crippen molar-refractivity contribution in [3.63, 3.8) is 0 Å². The van der Waals surface area contributed by atoms with E-state index in [4.69, 9.17) is 0 Å². The molecule has 1 aromatic heterocycles. The van der Waals surface area contributed by atoms with E-state index in [0.29, 0.717) is 11.8 Å². The molecule has 0 aliphatic heterocycles. The third kappa shape index (κ3) is 7.35. The van der Waals surface area contributed by atoms with Crippen LogP contribution in [-0.2, 0) is 6.42 Å². The molecule has 0 spiro atoms. The van der Waals surface area contributed by atoms with Gasteiger partial charge in [0.05, 0.1) is 11.0 Å². The standard InChI is InChI=1S/C64H49N3/c1-45-57-26-14-15-27-58(57)61-43-55(39-34-49(61)42-60(45)48-18-6-2-7-19-48)65(50-20-8-3-9-21-50)53-35-30-46(31-36-53)47-32-37-54(38-33-47)66(51-22-10-4-11-23-51)56-40-41-64-62(44-56)59-28-16-17-29-63(59)67(64)52-24-12-5-13-25-52/h2-41,43-45,60H,42H2,1H3. The van der Waals surface area contributed by atoms with Gasteiger partial charge in [0, 0.05) is 50.6 Å². The maximum Gasteiger partial charge on any atom is 0.0542 e. The first kappa shape index (κ1) is 40.1. The Labute approximate surface area is 393 Å². The Hall–Kier alpha value is -8.40. The number of fused-ring (bicyclic) bond motifs is 6. The molecule has 10 aromatic carbocycles. The minimum absolute atomic E-state index is 0.381. The van der Waals surface area contributed by atoms with Crippen molar-refractivity contribution in [1.29, 1.82) is 0 Å². The van der Waals surface area contributed by atoms with Gasteiger partial charge in [-0.05, 0) is 154 Å². The monoisotopic (exact) mass is 859 g/mol. The number of benzene rings is 10. The second-order valence-corrected chi connectivity index (χ2v) is 17.8. The Bertz CT molecular complexity index is 3490. The maximum atomic E-state index is 2.42. The highest BCUT2D eigenvalue weighted by molar-refractivity contribution is 6.10. The van der Waals surface area contributed by atoms with Crippen LogP contribution in [0, 0.1) is 0 Å². The number of anilines is 6. The van der Waals surface area contributed by atoms with Crippen molar-refractivity contribution in [2.45, 2.75) is 25.2 Å². The molecule has 0 N–H and O–H groups in total. The van der Waals surface area contributed by atoms with E-state index in [0.717, 1.165) is 46.2 Å². The van der Waals surface area contributed by atoms with Crippen LogP contribution in [0.15, 0.2) is 255 Å². The van der Waals surface area contributed by atoms with Crippen LogP contribution in [0.2, 0.25) is 0 Å².